The first-order chi connectivity index (χ1) is 8.16. The van der Waals surface area contributed by atoms with Gasteiger partial charge in [-0.05, 0) is 42.7 Å². The summed E-state index contributed by atoms with van der Waals surface area (Å²) in [6, 6.07) is 4.41. The number of benzene rings is 1. The number of rotatable bonds is 2. The third kappa shape index (κ3) is 3.16. The Balaban J connectivity index is 2.08. The highest BCUT2D eigenvalue weighted by Crippen LogP contribution is 2.19. The van der Waals surface area contributed by atoms with Crippen molar-refractivity contribution in [1.29, 1.82) is 0 Å². The molecular formula is C13H13BrFNO. The van der Waals surface area contributed by atoms with E-state index in [1.165, 1.54) is 18.2 Å². The van der Waals surface area contributed by atoms with Crippen molar-refractivity contribution in [3.63, 3.8) is 0 Å². The molecule has 1 aromatic carbocycles. The van der Waals surface area contributed by atoms with E-state index >= 15 is 0 Å². The maximum Gasteiger partial charge on any atom is 0.246 e. The number of hydrogen-bond donors (Lipinski definition) is 0. The number of amides is 1. The summed E-state index contributed by atoms with van der Waals surface area (Å²) < 4.78 is 13.8. The minimum Gasteiger partial charge on any atom is -0.339 e. The normalized spacial score (nSPS) is 15.8. The topological polar surface area (TPSA) is 20.3 Å². The quantitative estimate of drug-likeness (QED) is 0.768. The van der Waals surface area contributed by atoms with Crippen LogP contribution in [0.4, 0.5) is 4.39 Å². The first kappa shape index (κ1) is 12.3. The van der Waals surface area contributed by atoms with E-state index in [-0.39, 0.29) is 11.7 Å². The number of carbonyl (C=O) groups excluding carboxylic acids is 1. The van der Waals surface area contributed by atoms with Crippen molar-refractivity contribution in [3.8, 4) is 0 Å². The highest BCUT2D eigenvalue weighted by atomic mass is 79.9. The van der Waals surface area contributed by atoms with Crippen molar-refractivity contribution in [1.82, 2.24) is 4.90 Å². The standard InChI is InChI=1S/C13H13BrFNO/c14-12-5-4-11(15)9-10(12)3-6-13(17)16-7-1-2-8-16/h3-6,9H,1-2,7-8H2. The number of hydrogen-bond acceptors (Lipinski definition) is 1. The second kappa shape index (κ2) is 5.45. The number of carbonyl (C=O) groups is 1. The zero-order valence-corrected chi connectivity index (χ0v) is 10.9. The van der Waals surface area contributed by atoms with Crippen LogP contribution < -0.4 is 0 Å². The Morgan fingerprint density at radius 2 is 2.06 bits per heavy atom. The van der Waals surface area contributed by atoms with Crippen LogP contribution in [-0.4, -0.2) is 23.9 Å². The molecule has 0 saturated carbocycles. The summed E-state index contributed by atoms with van der Waals surface area (Å²) in [6.45, 7) is 1.65. The minimum absolute atomic E-state index is 0.00124. The van der Waals surface area contributed by atoms with Crippen molar-refractivity contribution in [2.24, 2.45) is 0 Å². The molecule has 2 nitrogen and oxygen atoms in total. The van der Waals surface area contributed by atoms with E-state index in [1.54, 1.807) is 12.1 Å². The zero-order chi connectivity index (χ0) is 12.3. The van der Waals surface area contributed by atoms with Crippen molar-refractivity contribution in [2.75, 3.05) is 13.1 Å². The van der Waals surface area contributed by atoms with E-state index in [2.05, 4.69) is 15.9 Å². The fraction of sp³-hybridized carbons (Fsp3) is 0.308. The molecule has 4 heteroatoms. The number of halogens is 2. The second-order valence-corrected chi connectivity index (χ2v) is 4.89. The van der Waals surface area contributed by atoms with E-state index < -0.39 is 0 Å². The molecule has 1 amide bonds. The van der Waals surface area contributed by atoms with Gasteiger partial charge in [-0.1, -0.05) is 15.9 Å². The zero-order valence-electron chi connectivity index (χ0n) is 9.33. The van der Waals surface area contributed by atoms with Crippen LogP contribution >= 0.6 is 15.9 Å². The van der Waals surface area contributed by atoms with E-state index in [0.717, 1.165) is 30.4 Å². The molecular weight excluding hydrogens is 285 g/mol. The van der Waals surface area contributed by atoms with Crippen LogP contribution in [-0.2, 0) is 4.79 Å². The predicted octanol–water partition coefficient (Wildman–Crippen LogP) is 3.22. The van der Waals surface area contributed by atoms with Gasteiger partial charge in [-0.15, -0.1) is 0 Å². The lowest BCUT2D eigenvalue weighted by Gasteiger charge is -2.11. The van der Waals surface area contributed by atoms with Crippen molar-refractivity contribution in [2.45, 2.75) is 12.8 Å². The summed E-state index contributed by atoms with van der Waals surface area (Å²) in [5.41, 5.74) is 0.678. The molecule has 17 heavy (non-hydrogen) atoms. The smallest absolute Gasteiger partial charge is 0.246 e. The molecule has 2 rings (SSSR count). The number of likely N-dealkylation sites (tertiary alicyclic amines) is 1. The third-order valence-electron chi connectivity index (χ3n) is 2.78. The minimum atomic E-state index is -0.304. The Kier molecular flexibility index (Phi) is 3.94. The Hall–Kier alpha value is -1.16. The number of nitrogens with zero attached hydrogens (tertiary/aromatic N) is 1. The van der Waals surface area contributed by atoms with Gasteiger partial charge in [-0.3, -0.25) is 4.79 Å². The van der Waals surface area contributed by atoms with Gasteiger partial charge in [-0.25, -0.2) is 4.39 Å². The summed E-state index contributed by atoms with van der Waals surface area (Å²) in [5.74, 6) is -0.305. The van der Waals surface area contributed by atoms with E-state index in [0.29, 0.717) is 5.56 Å². The maximum atomic E-state index is 13.0. The first-order valence-corrected chi connectivity index (χ1v) is 6.38. The Morgan fingerprint density at radius 3 is 2.76 bits per heavy atom. The molecule has 1 fully saturated rings. The highest BCUT2D eigenvalue weighted by Gasteiger charge is 2.15. The maximum absolute atomic E-state index is 13.0. The van der Waals surface area contributed by atoms with Gasteiger partial charge < -0.3 is 4.90 Å². The third-order valence-corrected chi connectivity index (χ3v) is 3.50. The average Bonchev–Trinajstić information content (AvgIpc) is 2.83. The van der Waals surface area contributed by atoms with Crippen LogP contribution in [0.3, 0.4) is 0 Å². The van der Waals surface area contributed by atoms with Crippen LogP contribution in [0, 0.1) is 5.82 Å². The van der Waals surface area contributed by atoms with Gasteiger partial charge in [0.25, 0.3) is 0 Å². The van der Waals surface area contributed by atoms with Gasteiger partial charge >= 0.3 is 0 Å². The highest BCUT2D eigenvalue weighted by molar-refractivity contribution is 9.10. The summed E-state index contributed by atoms with van der Waals surface area (Å²) in [7, 11) is 0. The van der Waals surface area contributed by atoms with Crippen molar-refractivity contribution in [3.05, 3.63) is 40.1 Å². The first-order valence-electron chi connectivity index (χ1n) is 5.59. The Morgan fingerprint density at radius 1 is 1.35 bits per heavy atom. The molecule has 0 unspecified atom stereocenters. The van der Waals surface area contributed by atoms with Gasteiger partial charge in [0.05, 0.1) is 0 Å². The van der Waals surface area contributed by atoms with Crippen molar-refractivity contribution < 1.29 is 9.18 Å². The molecule has 0 N–H and O–H groups in total. The molecule has 90 valence electrons. The monoisotopic (exact) mass is 297 g/mol. The lowest BCUT2D eigenvalue weighted by molar-refractivity contribution is -0.124. The molecule has 1 saturated heterocycles. The summed E-state index contributed by atoms with van der Waals surface area (Å²) in [5, 5.41) is 0. The SMILES string of the molecule is O=C(C=Cc1cc(F)ccc1Br)N1CCCC1. The average molecular weight is 298 g/mol. The molecule has 0 radical (unpaired) electrons. The van der Waals surface area contributed by atoms with Gasteiger partial charge in [0.2, 0.25) is 5.91 Å². The van der Waals surface area contributed by atoms with Crippen LogP contribution in [0.25, 0.3) is 6.08 Å². The molecule has 0 bridgehead atoms. The largest absolute Gasteiger partial charge is 0.339 e. The molecule has 1 aromatic rings. The van der Waals surface area contributed by atoms with E-state index in [9.17, 15) is 9.18 Å². The Bertz CT molecular complexity index is 453. The van der Waals surface area contributed by atoms with Crippen LogP contribution in [0.15, 0.2) is 28.7 Å². The molecule has 0 aliphatic carbocycles. The molecule has 1 heterocycles. The summed E-state index contributed by atoms with van der Waals surface area (Å²) >= 11 is 3.32. The molecule has 0 spiro atoms. The molecule has 1 aliphatic rings. The van der Waals surface area contributed by atoms with Crippen LogP contribution in [0.5, 0.6) is 0 Å². The molecule has 1 aliphatic heterocycles. The van der Waals surface area contributed by atoms with E-state index in [4.69, 9.17) is 0 Å². The molecule has 0 aromatic heterocycles. The van der Waals surface area contributed by atoms with Gasteiger partial charge in [0.1, 0.15) is 5.82 Å². The van der Waals surface area contributed by atoms with Gasteiger partial charge in [0.15, 0.2) is 0 Å². The Labute approximate surface area is 108 Å². The van der Waals surface area contributed by atoms with Crippen molar-refractivity contribution >= 4 is 27.9 Å². The van der Waals surface area contributed by atoms with E-state index in [1.807, 2.05) is 4.90 Å². The van der Waals surface area contributed by atoms with Crippen LogP contribution in [0.1, 0.15) is 18.4 Å². The summed E-state index contributed by atoms with van der Waals surface area (Å²) in [6.07, 6.45) is 5.30. The fourth-order valence-electron chi connectivity index (χ4n) is 1.85. The molecule has 0 atom stereocenters. The van der Waals surface area contributed by atoms with Gasteiger partial charge in [-0.2, -0.15) is 0 Å². The lowest BCUT2D eigenvalue weighted by Crippen LogP contribution is -2.25. The summed E-state index contributed by atoms with van der Waals surface area (Å²) in [4.78, 5) is 13.6. The predicted molar refractivity (Wildman–Crippen MR) is 68.9 cm³/mol. The lowest BCUT2D eigenvalue weighted by atomic mass is 10.2. The second-order valence-electron chi connectivity index (χ2n) is 4.03. The fourth-order valence-corrected chi connectivity index (χ4v) is 2.23. The van der Waals surface area contributed by atoms with Gasteiger partial charge in [0, 0.05) is 23.6 Å². The van der Waals surface area contributed by atoms with Crippen LogP contribution in [0.2, 0.25) is 0 Å².